The molecule has 242 valence electrons. The van der Waals surface area contributed by atoms with Crippen LogP contribution in [0.25, 0.3) is 10.9 Å². The van der Waals surface area contributed by atoms with E-state index >= 15 is 0 Å². The number of hydrogen-bond donors (Lipinski definition) is 3. The molecule has 3 N–H and O–H groups in total. The van der Waals surface area contributed by atoms with Gasteiger partial charge in [-0.25, -0.2) is 9.97 Å². The van der Waals surface area contributed by atoms with E-state index in [0.717, 1.165) is 12.1 Å². The predicted molar refractivity (Wildman–Crippen MR) is 168 cm³/mol. The number of anilines is 3. The second-order valence-electron chi connectivity index (χ2n) is 11.3. The van der Waals surface area contributed by atoms with E-state index in [2.05, 4.69) is 32.1 Å². The molecule has 1 amide bonds. The van der Waals surface area contributed by atoms with E-state index in [-0.39, 0.29) is 17.4 Å². The van der Waals surface area contributed by atoms with Crippen LogP contribution in [-0.2, 0) is 21.3 Å². The Morgan fingerprint density at radius 1 is 1.04 bits per heavy atom. The van der Waals surface area contributed by atoms with Crippen molar-refractivity contribution in [2.75, 3.05) is 50.6 Å². The number of ether oxygens (including phenoxy) is 3. The molecule has 1 saturated heterocycles. The smallest absolute Gasteiger partial charge is 0.416 e. The van der Waals surface area contributed by atoms with Crippen LogP contribution < -0.4 is 20.1 Å². The minimum Gasteiger partial charge on any atom is -0.494 e. The third-order valence-electron chi connectivity index (χ3n) is 7.34. The number of halogens is 3. The lowest BCUT2D eigenvalue weighted by molar-refractivity contribution is -0.137. The fourth-order valence-corrected chi connectivity index (χ4v) is 4.96. The molecule has 3 aromatic carbocycles. The van der Waals surface area contributed by atoms with Crippen LogP contribution in [0, 0.1) is 0 Å². The van der Waals surface area contributed by atoms with Crippen molar-refractivity contribution < 1.29 is 37.3 Å². The zero-order chi connectivity index (χ0) is 33.1. The van der Waals surface area contributed by atoms with Gasteiger partial charge in [0.2, 0.25) is 0 Å². The minimum atomic E-state index is -4.52. The molecule has 0 radical (unpaired) electrons. The maximum atomic E-state index is 13.2. The molecule has 2 heterocycles. The van der Waals surface area contributed by atoms with Gasteiger partial charge < -0.3 is 30.0 Å². The number of amides is 1. The van der Waals surface area contributed by atoms with Gasteiger partial charge in [-0.3, -0.25) is 9.69 Å². The summed E-state index contributed by atoms with van der Waals surface area (Å²) in [6.45, 7) is 10.1. The van der Waals surface area contributed by atoms with Crippen LogP contribution in [0.4, 0.5) is 30.4 Å². The van der Waals surface area contributed by atoms with Crippen LogP contribution in [0.1, 0.15) is 25.0 Å². The van der Waals surface area contributed by atoms with Crippen molar-refractivity contribution in [1.29, 1.82) is 0 Å². The Bertz CT molecular complexity index is 1750. The summed E-state index contributed by atoms with van der Waals surface area (Å²) < 4.78 is 56.3. The topological polar surface area (TPSA) is 118 Å². The van der Waals surface area contributed by atoms with E-state index < -0.39 is 17.3 Å². The highest BCUT2D eigenvalue weighted by Crippen LogP contribution is 2.38. The zero-order valence-corrected chi connectivity index (χ0v) is 25.6. The van der Waals surface area contributed by atoms with E-state index in [1.165, 1.54) is 25.6 Å². The number of aliphatic hydroxyl groups is 1. The van der Waals surface area contributed by atoms with Gasteiger partial charge in [-0.05, 0) is 56.3 Å². The van der Waals surface area contributed by atoms with Crippen LogP contribution in [-0.4, -0.2) is 65.8 Å². The van der Waals surface area contributed by atoms with E-state index in [1.807, 2.05) is 0 Å². The Morgan fingerprint density at radius 2 is 1.78 bits per heavy atom. The highest BCUT2D eigenvalue weighted by Gasteiger charge is 2.31. The van der Waals surface area contributed by atoms with Crippen LogP contribution in [0.15, 0.2) is 73.1 Å². The maximum absolute atomic E-state index is 13.2. The number of aromatic nitrogens is 2. The van der Waals surface area contributed by atoms with Gasteiger partial charge in [0.1, 0.15) is 29.4 Å². The fourth-order valence-electron chi connectivity index (χ4n) is 4.96. The van der Waals surface area contributed by atoms with E-state index in [0.29, 0.717) is 77.8 Å². The normalized spacial score (nSPS) is 14.2. The second-order valence-corrected chi connectivity index (χ2v) is 11.3. The molecule has 10 nitrogen and oxygen atoms in total. The summed E-state index contributed by atoms with van der Waals surface area (Å²) in [5, 5.41) is 17.7. The summed E-state index contributed by atoms with van der Waals surface area (Å²) in [4.78, 5) is 23.9. The van der Waals surface area contributed by atoms with Crippen LogP contribution >= 0.6 is 0 Å². The molecule has 5 rings (SSSR count). The Labute approximate surface area is 263 Å². The van der Waals surface area contributed by atoms with Gasteiger partial charge in [-0.2, -0.15) is 13.2 Å². The summed E-state index contributed by atoms with van der Waals surface area (Å²) in [6.07, 6.45) is -3.16. The van der Waals surface area contributed by atoms with E-state index in [4.69, 9.17) is 14.2 Å². The molecule has 0 saturated carbocycles. The number of nitrogens with zero attached hydrogens (tertiary/aromatic N) is 3. The second kappa shape index (κ2) is 13.3. The maximum Gasteiger partial charge on any atom is 0.416 e. The SMILES string of the molecule is C=C(CN1CCOCC1)C(=O)Nc1cc2c(Nc3ccc(Oc4cccc(C(F)(F)F)c4)cc3C(C)(C)O)ncnc2cc1OC. The number of benzene rings is 3. The number of methoxy groups -OCH3 is 1. The summed E-state index contributed by atoms with van der Waals surface area (Å²) in [6, 6.07) is 12.6. The van der Waals surface area contributed by atoms with Crippen molar-refractivity contribution in [1.82, 2.24) is 14.9 Å². The van der Waals surface area contributed by atoms with Crippen LogP contribution in [0.3, 0.4) is 0 Å². The predicted octanol–water partition coefficient (Wildman–Crippen LogP) is 6.25. The van der Waals surface area contributed by atoms with Crippen LogP contribution in [0.2, 0.25) is 0 Å². The Hall–Kier alpha value is -4.72. The number of fused-ring (bicyclic) bond motifs is 1. The van der Waals surface area contributed by atoms with Crippen molar-refractivity contribution in [2.24, 2.45) is 0 Å². The molecule has 0 atom stereocenters. The van der Waals surface area contributed by atoms with E-state index in [1.54, 1.807) is 44.2 Å². The van der Waals surface area contributed by atoms with Crippen molar-refractivity contribution in [3.8, 4) is 17.2 Å². The average molecular weight is 638 g/mol. The molecule has 0 aliphatic carbocycles. The Balaban J connectivity index is 1.43. The molecule has 0 spiro atoms. The van der Waals surface area contributed by atoms with E-state index in [9.17, 15) is 23.1 Å². The van der Waals surface area contributed by atoms with Crippen molar-refractivity contribution in [3.05, 3.63) is 84.2 Å². The number of rotatable bonds is 10. The van der Waals surface area contributed by atoms with Gasteiger partial charge in [0.05, 0.1) is 42.7 Å². The number of alkyl halides is 3. The number of morpholine rings is 1. The van der Waals surface area contributed by atoms with Crippen molar-refractivity contribution in [3.63, 3.8) is 0 Å². The number of carbonyl (C=O) groups is 1. The highest BCUT2D eigenvalue weighted by molar-refractivity contribution is 6.06. The zero-order valence-electron chi connectivity index (χ0n) is 25.6. The fraction of sp³-hybridized carbons (Fsp3) is 0.303. The van der Waals surface area contributed by atoms with Gasteiger partial charge in [0, 0.05) is 47.9 Å². The first-order chi connectivity index (χ1) is 21.8. The number of nitrogens with one attached hydrogen (secondary N) is 2. The van der Waals surface area contributed by atoms with Gasteiger partial charge >= 0.3 is 6.18 Å². The number of hydrogen-bond acceptors (Lipinski definition) is 9. The summed E-state index contributed by atoms with van der Waals surface area (Å²) in [5.74, 6) is 0.609. The Morgan fingerprint density at radius 3 is 2.48 bits per heavy atom. The lowest BCUT2D eigenvalue weighted by Crippen LogP contribution is -2.38. The minimum absolute atomic E-state index is 0.00447. The number of carbonyl (C=O) groups excluding carboxylic acids is 1. The standard InChI is InChI=1S/C33H34F3N5O5/c1-20(18-41-10-12-45-13-11-41)31(42)40-28-16-24-27(17-29(28)44-4)37-19-38-30(24)39-26-9-8-23(15-25(26)32(2,3)43)46-22-7-5-6-21(14-22)33(34,35)36/h5-9,14-17,19,43H,1,10-13,18H2,2-4H3,(H,40,42)(H,37,38,39). The molecule has 4 aromatic rings. The quantitative estimate of drug-likeness (QED) is 0.174. The monoisotopic (exact) mass is 637 g/mol. The molecule has 1 aromatic heterocycles. The molecule has 1 aliphatic rings. The van der Waals surface area contributed by atoms with Gasteiger partial charge in [0.15, 0.2) is 0 Å². The third kappa shape index (κ3) is 7.73. The molecule has 13 heteroatoms. The summed E-state index contributed by atoms with van der Waals surface area (Å²) in [7, 11) is 1.48. The summed E-state index contributed by atoms with van der Waals surface area (Å²) >= 11 is 0. The molecule has 46 heavy (non-hydrogen) atoms. The van der Waals surface area contributed by atoms with Gasteiger partial charge in [0.25, 0.3) is 5.91 Å². The largest absolute Gasteiger partial charge is 0.494 e. The van der Waals surface area contributed by atoms with Crippen molar-refractivity contribution in [2.45, 2.75) is 25.6 Å². The molecule has 1 fully saturated rings. The van der Waals surface area contributed by atoms with Gasteiger partial charge in [-0.1, -0.05) is 12.6 Å². The molecule has 0 bridgehead atoms. The van der Waals surface area contributed by atoms with Gasteiger partial charge in [-0.15, -0.1) is 0 Å². The first-order valence-electron chi connectivity index (χ1n) is 14.4. The van der Waals surface area contributed by atoms with Crippen LogP contribution in [0.5, 0.6) is 17.2 Å². The molecule has 0 unspecified atom stereocenters. The first kappa shape index (κ1) is 32.7. The lowest BCUT2D eigenvalue weighted by Gasteiger charge is -2.27. The summed E-state index contributed by atoms with van der Waals surface area (Å²) in [5.41, 5.74) is -0.0809. The Kier molecular flexibility index (Phi) is 9.47. The third-order valence-corrected chi connectivity index (χ3v) is 7.34. The van der Waals surface area contributed by atoms with Crippen molar-refractivity contribution >= 4 is 34.0 Å². The molecular formula is C33H34F3N5O5. The lowest BCUT2D eigenvalue weighted by atomic mass is 9.96. The average Bonchev–Trinajstić information content (AvgIpc) is 3.01. The molecule has 1 aliphatic heterocycles. The highest BCUT2D eigenvalue weighted by atomic mass is 19.4. The molecular weight excluding hydrogens is 603 g/mol. The first-order valence-corrected chi connectivity index (χ1v) is 14.4.